The van der Waals surface area contributed by atoms with E-state index in [0.717, 1.165) is 12.0 Å². The molecule has 1 aliphatic rings. The third-order valence-electron chi connectivity index (χ3n) is 4.23. The lowest BCUT2D eigenvalue weighted by molar-refractivity contribution is 0.136. The van der Waals surface area contributed by atoms with Crippen molar-refractivity contribution in [1.29, 1.82) is 0 Å². The van der Waals surface area contributed by atoms with Gasteiger partial charge in [0.2, 0.25) is 0 Å². The molecule has 3 unspecified atom stereocenters. The molecule has 3 atom stereocenters. The molecule has 2 nitrogen and oxygen atoms in total. The number of nitrogens with zero attached hydrogens (tertiary/aromatic N) is 1. The first-order valence-corrected chi connectivity index (χ1v) is 7.80. The number of hydrogen-bond acceptors (Lipinski definition) is 2. The maximum Gasteiger partial charge on any atom is 0.137 e. The quantitative estimate of drug-likeness (QED) is 0.909. The van der Waals surface area contributed by atoms with Gasteiger partial charge in [0, 0.05) is 24.7 Å². The van der Waals surface area contributed by atoms with Gasteiger partial charge in [0.05, 0.1) is 4.47 Å². The first-order chi connectivity index (χ1) is 9.08. The zero-order chi connectivity index (χ0) is 14.0. The van der Waals surface area contributed by atoms with E-state index < -0.39 is 0 Å². The minimum atomic E-state index is -0.212. The van der Waals surface area contributed by atoms with Crippen molar-refractivity contribution in [1.82, 2.24) is 4.90 Å². The van der Waals surface area contributed by atoms with Crippen molar-refractivity contribution in [2.24, 2.45) is 5.73 Å². The molecule has 0 saturated carbocycles. The largest absolute Gasteiger partial charge is 0.329 e. The standard InChI is InChI=1S/C15H22BrFN2/c1-3-12-6-4-10(2)19(12)15(9-18)11-5-7-13(16)14(17)8-11/h5,7-8,10,12,15H,3-4,6,9,18H2,1-2H3. The van der Waals surface area contributed by atoms with E-state index in [1.54, 1.807) is 12.1 Å². The molecule has 0 bridgehead atoms. The molecule has 106 valence electrons. The van der Waals surface area contributed by atoms with Crippen LogP contribution in [0.2, 0.25) is 0 Å². The third-order valence-corrected chi connectivity index (χ3v) is 4.87. The Bertz CT molecular complexity index is 438. The van der Waals surface area contributed by atoms with Gasteiger partial charge in [-0.25, -0.2) is 4.39 Å². The second kappa shape index (κ2) is 6.33. The van der Waals surface area contributed by atoms with Gasteiger partial charge in [-0.2, -0.15) is 0 Å². The van der Waals surface area contributed by atoms with Crippen molar-refractivity contribution in [3.05, 3.63) is 34.1 Å². The molecule has 0 amide bonds. The average Bonchev–Trinajstić information content (AvgIpc) is 2.76. The van der Waals surface area contributed by atoms with Crippen LogP contribution in [0.25, 0.3) is 0 Å². The van der Waals surface area contributed by atoms with Crippen LogP contribution < -0.4 is 5.73 Å². The van der Waals surface area contributed by atoms with Gasteiger partial charge in [-0.05, 0) is 59.8 Å². The highest BCUT2D eigenvalue weighted by Gasteiger charge is 2.34. The van der Waals surface area contributed by atoms with Gasteiger partial charge in [0.1, 0.15) is 5.82 Å². The summed E-state index contributed by atoms with van der Waals surface area (Å²) in [5.74, 6) is -0.212. The topological polar surface area (TPSA) is 29.3 Å². The molecule has 19 heavy (non-hydrogen) atoms. The van der Waals surface area contributed by atoms with E-state index in [1.807, 2.05) is 6.07 Å². The second-order valence-electron chi connectivity index (χ2n) is 5.36. The van der Waals surface area contributed by atoms with Gasteiger partial charge in [0.15, 0.2) is 0 Å². The van der Waals surface area contributed by atoms with Crippen LogP contribution in [0, 0.1) is 5.82 Å². The molecule has 2 N–H and O–H groups in total. The Balaban J connectivity index is 2.30. The Kier molecular flexibility index (Phi) is 4.98. The van der Waals surface area contributed by atoms with E-state index in [-0.39, 0.29) is 11.9 Å². The van der Waals surface area contributed by atoms with Gasteiger partial charge >= 0.3 is 0 Å². The van der Waals surface area contributed by atoms with Crippen LogP contribution in [0.15, 0.2) is 22.7 Å². The Morgan fingerprint density at radius 2 is 2.21 bits per heavy atom. The maximum absolute atomic E-state index is 13.7. The minimum Gasteiger partial charge on any atom is -0.329 e. The molecule has 1 aliphatic heterocycles. The van der Waals surface area contributed by atoms with Gasteiger partial charge in [0.25, 0.3) is 0 Å². The van der Waals surface area contributed by atoms with E-state index >= 15 is 0 Å². The van der Waals surface area contributed by atoms with E-state index in [1.165, 1.54) is 12.8 Å². The summed E-state index contributed by atoms with van der Waals surface area (Å²) in [6.07, 6.45) is 3.54. The number of hydrogen-bond donors (Lipinski definition) is 1. The first-order valence-electron chi connectivity index (χ1n) is 7.00. The molecule has 2 rings (SSSR count). The van der Waals surface area contributed by atoms with Crippen molar-refractivity contribution < 1.29 is 4.39 Å². The van der Waals surface area contributed by atoms with Crippen molar-refractivity contribution in [2.45, 2.75) is 51.2 Å². The highest BCUT2D eigenvalue weighted by Crippen LogP contribution is 2.35. The summed E-state index contributed by atoms with van der Waals surface area (Å²) in [6, 6.07) is 6.56. The third kappa shape index (κ3) is 3.01. The van der Waals surface area contributed by atoms with Crippen LogP contribution in [0.3, 0.4) is 0 Å². The molecule has 1 saturated heterocycles. The monoisotopic (exact) mass is 328 g/mol. The molecule has 1 fully saturated rings. The summed E-state index contributed by atoms with van der Waals surface area (Å²) in [5, 5.41) is 0. The molecule has 1 aromatic rings. The molecule has 4 heteroatoms. The maximum atomic E-state index is 13.7. The fraction of sp³-hybridized carbons (Fsp3) is 0.600. The zero-order valence-electron chi connectivity index (χ0n) is 11.6. The second-order valence-corrected chi connectivity index (χ2v) is 6.22. The normalized spacial score (nSPS) is 25.7. The number of nitrogens with two attached hydrogens (primary N) is 1. The molecule has 0 aliphatic carbocycles. The summed E-state index contributed by atoms with van der Waals surface area (Å²) in [4.78, 5) is 2.47. The highest BCUT2D eigenvalue weighted by molar-refractivity contribution is 9.10. The molecule has 1 heterocycles. The highest BCUT2D eigenvalue weighted by atomic mass is 79.9. The smallest absolute Gasteiger partial charge is 0.137 e. The Morgan fingerprint density at radius 3 is 2.79 bits per heavy atom. The van der Waals surface area contributed by atoms with Crippen LogP contribution in [-0.2, 0) is 0 Å². The lowest BCUT2D eigenvalue weighted by Crippen LogP contribution is -2.41. The fourth-order valence-electron chi connectivity index (χ4n) is 3.22. The van der Waals surface area contributed by atoms with Crippen molar-refractivity contribution in [3.63, 3.8) is 0 Å². The Hall–Kier alpha value is -0.450. The molecule has 0 spiro atoms. The molecular formula is C15H22BrFN2. The van der Waals surface area contributed by atoms with Crippen LogP contribution in [-0.4, -0.2) is 23.5 Å². The summed E-state index contributed by atoms with van der Waals surface area (Å²) < 4.78 is 14.2. The summed E-state index contributed by atoms with van der Waals surface area (Å²) in [5.41, 5.74) is 6.96. The van der Waals surface area contributed by atoms with Crippen LogP contribution in [0.4, 0.5) is 4.39 Å². The molecule has 1 aromatic carbocycles. The minimum absolute atomic E-state index is 0.116. The van der Waals surface area contributed by atoms with E-state index in [0.29, 0.717) is 23.1 Å². The Morgan fingerprint density at radius 1 is 1.47 bits per heavy atom. The number of halogens is 2. The van der Waals surface area contributed by atoms with E-state index in [9.17, 15) is 4.39 Å². The summed E-state index contributed by atoms with van der Waals surface area (Å²) >= 11 is 3.20. The predicted octanol–water partition coefficient (Wildman–Crippen LogP) is 3.85. The van der Waals surface area contributed by atoms with Crippen LogP contribution >= 0.6 is 15.9 Å². The SMILES string of the molecule is CCC1CCC(C)N1C(CN)c1ccc(Br)c(F)c1. The van der Waals surface area contributed by atoms with Crippen LogP contribution in [0.5, 0.6) is 0 Å². The zero-order valence-corrected chi connectivity index (χ0v) is 13.2. The van der Waals surface area contributed by atoms with E-state index in [4.69, 9.17) is 5.73 Å². The van der Waals surface area contributed by atoms with Crippen LogP contribution in [0.1, 0.15) is 44.7 Å². The molecular weight excluding hydrogens is 307 g/mol. The lowest BCUT2D eigenvalue weighted by atomic mass is 10.0. The van der Waals surface area contributed by atoms with Gasteiger partial charge < -0.3 is 5.73 Å². The van der Waals surface area contributed by atoms with Crippen molar-refractivity contribution >= 4 is 15.9 Å². The average molecular weight is 329 g/mol. The molecule has 0 aromatic heterocycles. The molecule has 0 radical (unpaired) electrons. The van der Waals surface area contributed by atoms with Gasteiger partial charge in [-0.3, -0.25) is 4.90 Å². The Labute approximate surface area is 123 Å². The predicted molar refractivity (Wildman–Crippen MR) is 80.5 cm³/mol. The van der Waals surface area contributed by atoms with E-state index in [2.05, 4.69) is 34.7 Å². The summed E-state index contributed by atoms with van der Waals surface area (Å²) in [6.45, 7) is 4.99. The van der Waals surface area contributed by atoms with Crippen molar-refractivity contribution in [3.8, 4) is 0 Å². The summed E-state index contributed by atoms with van der Waals surface area (Å²) in [7, 11) is 0. The number of likely N-dealkylation sites (tertiary alicyclic amines) is 1. The first kappa shape index (κ1) is 14.9. The number of benzene rings is 1. The van der Waals surface area contributed by atoms with Crippen molar-refractivity contribution in [2.75, 3.05) is 6.54 Å². The number of rotatable bonds is 4. The lowest BCUT2D eigenvalue weighted by Gasteiger charge is -2.35. The van der Waals surface area contributed by atoms with Gasteiger partial charge in [-0.15, -0.1) is 0 Å². The van der Waals surface area contributed by atoms with Gasteiger partial charge in [-0.1, -0.05) is 13.0 Å². The fourth-order valence-corrected chi connectivity index (χ4v) is 3.46.